The molecule has 0 aliphatic carbocycles. The third kappa shape index (κ3) is 4.20. The third-order valence-corrected chi connectivity index (χ3v) is 3.56. The van der Waals surface area contributed by atoms with Crippen molar-refractivity contribution >= 4 is 5.91 Å². The van der Waals surface area contributed by atoms with Crippen LogP contribution in [-0.2, 0) is 11.2 Å². The van der Waals surface area contributed by atoms with Gasteiger partial charge in [-0.1, -0.05) is 6.07 Å². The van der Waals surface area contributed by atoms with Gasteiger partial charge in [0.1, 0.15) is 0 Å². The van der Waals surface area contributed by atoms with Crippen molar-refractivity contribution in [3.05, 3.63) is 29.6 Å². The lowest BCUT2D eigenvalue weighted by Crippen LogP contribution is -2.42. The quantitative estimate of drug-likeness (QED) is 0.862. The first kappa shape index (κ1) is 14.8. The lowest BCUT2D eigenvalue weighted by atomic mass is 10.1. The zero-order valence-corrected chi connectivity index (χ0v) is 11.7. The van der Waals surface area contributed by atoms with Gasteiger partial charge in [-0.2, -0.15) is 0 Å². The number of piperidine rings is 1. The topological polar surface area (TPSA) is 50.4 Å². The second-order valence-corrected chi connectivity index (χ2v) is 5.06. The van der Waals surface area contributed by atoms with Crippen molar-refractivity contribution in [2.75, 3.05) is 20.2 Å². The van der Waals surface area contributed by atoms with Gasteiger partial charge >= 0.3 is 0 Å². The number of carbonyl (C=O) groups excluding carboxylic acids is 1. The van der Waals surface area contributed by atoms with Crippen LogP contribution in [0.3, 0.4) is 0 Å². The van der Waals surface area contributed by atoms with E-state index in [9.17, 15) is 9.18 Å². The van der Waals surface area contributed by atoms with Gasteiger partial charge in [-0.25, -0.2) is 4.39 Å². The number of amides is 1. The Kier molecular flexibility index (Phi) is 5.35. The van der Waals surface area contributed by atoms with Crippen LogP contribution >= 0.6 is 0 Å². The maximum Gasteiger partial charge on any atom is 0.220 e. The van der Waals surface area contributed by atoms with Gasteiger partial charge < -0.3 is 15.4 Å². The summed E-state index contributed by atoms with van der Waals surface area (Å²) in [5.41, 5.74) is 0.809. The van der Waals surface area contributed by atoms with Gasteiger partial charge in [0.2, 0.25) is 5.91 Å². The number of hydrogen-bond donors (Lipinski definition) is 2. The van der Waals surface area contributed by atoms with Crippen LogP contribution in [0, 0.1) is 5.82 Å². The van der Waals surface area contributed by atoms with E-state index in [0.29, 0.717) is 12.8 Å². The zero-order valence-electron chi connectivity index (χ0n) is 11.7. The van der Waals surface area contributed by atoms with E-state index in [1.165, 1.54) is 13.2 Å². The van der Waals surface area contributed by atoms with Gasteiger partial charge in [0.15, 0.2) is 11.6 Å². The van der Waals surface area contributed by atoms with E-state index in [1.54, 1.807) is 12.1 Å². The third-order valence-electron chi connectivity index (χ3n) is 3.56. The fraction of sp³-hybridized carbons (Fsp3) is 0.533. The number of aryl methyl sites for hydroxylation is 1. The van der Waals surface area contributed by atoms with E-state index >= 15 is 0 Å². The van der Waals surface area contributed by atoms with Crippen LogP contribution in [0.1, 0.15) is 24.8 Å². The number of halogens is 1. The Morgan fingerprint density at radius 2 is 2.20 bits per heavy atom. The van der Waals surface area contributed by atoms with Crippen LogP contribution in [0.4, 0.5) is 4.39 Å². The van der Waals surface area contributed by atoms with Gasteiger partial charge in [-0.15, -0.1) is 0 Å². The number of carbonyl (C=O) groups is 1. The molecule has 0 aromatic heterocycles. The van der Waals surface area contributed by atoms with Crippen molar-refractivity contribution < 1.29 is 13.9 Å². The number of rotatable bonds is 5. The summed E-state index contributed by atoms with van der Waals surface area (Å²) >= 11 is 0. The summed E-state index contributed by atoms with van der Waals surface area (Å²) in [6.45, 7) is 1.91. The lowest BCUT2D eigenvalue weighted by molar-refractivity contribution is -0.121. The molecule has 1 heterocycles. The number of benzene rings is 1. The smallest absolute Gasteiger partial charge is 0.220 e. The van der Waals surface area contributed by atoms with E-state index in [4.69, 9.17) is 4.74 Å². The molecular weight excluding hydrogens is 259 g/mol. The second kappa shape index (κ2) is 7.24. The molecule has 4 nitrogen and oxygen atoms in total. The molecule has 1 aliphatic rings. The maximum absolute atomic E-state index is 13.5. The largest absolute Gasteiger partial charge is 0.494 e. The summed E-state index contributed by atoms with van der Waals surface area (Å²) in [5, 5.41) is 6.29. The molecule has 1 saturated heterocycles. The molecule has 1 aromatic carbocycles. The van der Waals surface area contributed by atoms with Crippen LogP contribution in [0.5, 0.6) is 5.75 Å². The van der Waals surface area contributed by atoms with Gasteiger partial charge in [0, 0.05) is 12.5 Å². The fourth-order valence-corrected chi connectivity index (χ4v) is 2.39. The Labute approximate surface area is 118 Å². The Bertz CT molecular complexity index is 459. The van der Waals surface area contributed by atoms with Gasteiger partial charge in [0.05, 0.1) is 7.11 Å². The summed E-state index contributed by atoms with van der Waals surface area (Å²) in [6.07, 6.45) is 2.87. The Balaban J connectivity index is 1.79. The van der Waals surface area contributed by atoms with Gasteiger partial charge in [-0.3, -0.25) is 4.79 Å². The summed E-state index contributed by atoms with van der Waals surface area (Å²) in [6, 6.07) is 5.09. The predicted molar refractivity (Wildman–Crippen MR) is 75.3 cm³/mol. The number of nitrogens with one attached hydrogen (secondary N) is 2. The summed E-state index contributed by atoms with van der Waals surface area (Å²) < 4.78 is 18.4. The maximum atomic E-state index is 13.5. The highest BCUT2D eigenvalue weighted by Crippen LogP contribution is 2.18. The minimum Gasteiger partial charge on any atom is -0.494 e. The Morgan fingerprint density at radius 1 is 1.45 bits per heavy atom. The molecule has 5 heteroatoms. The molecule has 0 spiro atoms. The first-order valence-electron chi connectivity index (χ1n) is 7.01. The Morgan fingerprint density at radius 3 is 2.85 bits per heavy atom. The van der Waals surface area contributed by atoms with Crippen LogP contribution in [0.2, 0.25) is 0 Å². The number of ether oxygens (including phenoxy) is 1. The van der Waals surface area contributed by atoms with Crippen molar-refractivity contribution in [1.82, 2.24) is 10.6 Å². The van der Waals surface area contributed by atoms with Gasteiger partial charge in [0.25, 0.3) is 0 Å². The number of hydrogen-bond acceptors (Lipinski definition) is 3. The molecular formula is C15H21FN2O2. The zero-order chi connectivity index (χ0) is 14.4. The van der Waals surface area contributed by atoms with Crippen molar-refractivity contribution in [1.29, 1.82) is 0 Å². The normalized spacial score (nSPS) is 15.9. The average molecular weight is 280 g/mol. The molecule has 0 radical (unpaired) electrons. The monoisotopic (exact) mass is 280 g/mol. The van der Waals surface area contributed by atoms with E-state index in [2.05, 4.69) is 10.6 Å². The van der Waals surface area contributed by atoms with E-state index in [-0.39, 0.29) is 23.5 Å². The highest BCUT2D eigenvalue weighted by molar-refractivity contribution is 5.76. The highest BCUT2D eigenvalue weighted by atomic mass is 19.1. The molecule has 110 valence electrons. The van der Waals surface area contributed by atoms with Crippen LogP contribution in [0.15, 0.2) is 18.2 Å². The van der Waals surface area contributed by atoms with E-state index in [0.717, 1.165) is 31.5 Å². The minimum atomic E-state index is -0.385. The van der Waals surface area contributed by atoms with Crippen LogP contribution in [0.25, 0.3) is 0 Å². The molecule has 1 aliphatic heterocycles. The van der Waals surface area contributed by atoms with Crippen LogP contribution in [-0.4, -0.2) is 32.1 Å². The minimum absolute atomic E-state index is 0.0353. The molecule has 1 aromatic rings. The molecule has 0 bridgehead atoms. The highest BCUT2D eigenvalue weighted by Gasteiger charge is 2.15. The van der Waals surface area contributed by atoms with Gasteiger partial charge in [-0.05, 0) is 50.0 Å². The molecule has 1 fully saturated rings. The predicted octanol–water partition coefficient (Wildman–Crippen LogP) is 1.64. The molecule has 20 heavy (non-hydrogen) atoms. The average Bonchev–Trinajstić information content (AvgIpc) is 2.46. The van der Waals surface area contributed by atoms with E-state index in [1.807, 2.05) is 0 Å². The molecule has 2 N–H and O–H groups in total. The molecule has 0 atom stereocenters. The Hall–Kier alpha value is -1.62. The summed E-state index contributed by atoms with van der Waals surface area (Å²) in [4.78, 5) is 11.8. The SMILES string of the molecule is COc1ccc(CCC(=O)NC2CCNCC2)cc1F. The van der Waals surface area contributed by atoms with Crippen molar-refractivity contribution in [2.24, 2.45) is 0 Å². The van der Waals surface area contributed by atoms with E-state index < -0.39 is 0 Å². The fourth-order valence-electron chi connectivity index (χ4n) is 2.39. The van der Waals surface area contributed by atoms with Crippen LogP contribution < -0.4 is 15.4 Å². The summed E-state index contributed by atoms with van der Waals surface area (Å²) in [5.74, 6) is -0.121. The summed E-state index contributed by atoms with van der Waals surface area (Å²) in [7, 11) is 1.44. The molecule has 1 amide bonds. The standard InChI is InChI=1S/C15H21FN2O2/c1-20-14-4-2-11(10-13(14)16)3-5-15(19)18-12-6-8-17-9-7-12/h2,4,10,12,17H,3,5-9H2,1H3,(H,18,19). The number of methoxy groups -OCH3 is 1. The first-order chi connectivity index (χ1) is 9.69. The second-order valence-electron chi connectivity index (χ2n) is 5.06. The van der Waals surface area contributed by atoms with Crippen molar-refractivity contribution in [3.63, 3.8) is 0 Å². The first-order valence-corrected chi connectivity index (χ1v) is 7.01. The molecule has 2 rings (SSSR count). The molecule has 0 saturated carbocycles. The lowest BCUT2D eigenvalue weighted by Gasteiger charge is -2.23. The van der Waals surface area contributed by atoms with Crippen molar-refractivity contribution in [3.8, 4) is 5.75 Å². The molecule has 0 unspecified atom stereocenters. The van der Waals surface area contributed by atoms with Crippen molar-refractivity contribution in [2.45, 2.75) is 31.7 Å².